The lowest BCUT2D eigenvalue weighted by molar-refractivity contribution is -0.140. The van der Waals surface area contributed by atoms with Crippen molar-refractivity contribution >= 4 is 23.1 Å². The van der Waals surface area contributed by atoms with Crippen LogP contribution in [0, 0.1) is 12.8 Å². The number of Topliss-reactive ketones (excluding diaryl/α,β-unsaturated/α-hetero) is 3. The average Bonchev–Trinajstić information content (AvgIpc) is 2.78. The second kappa shape index (κ2) is 5.12. The summed E-state index contributed by atoms with van der Waals surface area (Å²) in [6.45, 7) is 5.47. The first-order chi connectivity index (χ1) is 11.5. The highest BCUT2D eigenvalue weighted by Crippen LogP contribution is 2.54. The van der Waals surface area contributed by atoms with Gasteiger partial charge in [-0.15, -0.1) is 0 Å². The predicted molar refractivity (Wildman–Crippen MR) is 87.8 cm³/mol. The number of fused-ring (bicyclic) bond motifs is 3. The molecule has 0 spiro atoms. The molecule has 0 unspecified atom stereocenters. The first-order valence-electron chi connectivity index (χ1n) is 7.91. The van der Waals surface area contributed by atoms with Gasteiger partial charge in [-0.1, -0.05) is 0 Å². The first-order valence-corrected chi connectivity index (χ1v) is 7.91. The predicted octanol–water partition coefficient (Wildman–Crippen LogP) is 1.71. The van der Waals surface area contributed by atoms with Crippen LogP contribution in [0.15, 0.2) is 11.6 Å². The molecule has 6 heteroatoms. The largest absolute Gasteiger partial charge is 0.507 e. The van der Waals surface area contributed by atoms with Gasteiger partial charge in [0.05, 0.1) is 11.0 Å². The van der Waals surface area contributed by atoms with Crippen LogP contribution in [0.5, 0.6) is 11.5 Å². The average molecular weight is 342 g/mol. The van der Waals surface area contributed by atoms with E-state index in [0.29, 0.717) is 11.1 Å². The number of ketones is 4. The van der Waals surface area contributed by atoms with Gasteiger partial charge < -0.3 is 10.2 Å². The van der Waals surface area contributed by atoms with Crippen molar-refractivity contribution in [3.05, 3.63) is 33.9 Å². The number of phenolic OH excluding ortho intramolecular Hbond substituents is 2. The normalized spacial score (nSPS) is 24.6. The van der Waals surface area contributed by atoms with Crippen LogP contribution in [0.1, 0.15) is 47.8 Å². The minimum Gasteiger partial charge on any atom is -0.507 e. The monoisotopic (exact) mass is 342 g/mol. The van der Waals surface area contributed by atoms with Gasteiger partial charge in [-0.2, -0.15) is 0 Å². The van der Waals surface area contributed by atoms with E-state index in [9.17, 15) is 29.4 Å². The van der Waals surface area contributed by atoms with Crippen LogP contribution < -0.4 is 0 Å². The van der Waals surface area contributed by atoms with Gasteiger partial charge in [0.15, 0.2) is 17.3 Å². The fourth-order valence-corrected chi connectivity index (χ4v) is 4.06. The molecule has 0 heterocycles. The number of allylic oxidation sites excluding steroid dienone is 2. The van der Waals surface area contributed by atoms with Crippen LogP contribution >= 0.6 is 0 Å². The Morgan fingerprint density at radius 2 is 1.76 bits per heavy atom. The summed E-state index contributed by atoms with van der Waals surface area (Å²) >= 11 is 0. The van der Waals surface area contributed by atoms with E-state index in [4.69, 9.17) is 0 Å². The highest BCUT2D eigenvalue weighted by atomic mass is 16.3. The molecule has 2 aliphatic rings. The van der Waals surface area contributed by atoms with E-state index >= 15 is 0 Å². The first kappa shape index (κ1) is 17.1. The molecule has 25 heavy (non-hydrogen) atoms. The van der Waals surface area contributed by atoms with Crippen molar-refractivity contribution in [2.75, 3.05) is 0 Å². The van der Waals surface area contributed by atoms with Gasteiger partial charge in [-0.3, -0.25) is 19.2 Å². The number of benzene rings is 1. The van der Waals surface area contributed by atoms with E-state index in [0.717, 1.165) is 0 Å². The smallest absolute Gasteiger partial charge is 0.173 e. The third-order valence-corrected chi connectivity index (χ3v) is 5.41. The van der Waals surface area contributed by atoms with Crippen molar-refractivity contribution < 1.29 is 29.4 Å². The Balaban J connectivity index is 2.41. The Labute approximate surface area is 144 Å². The molecule has 0 radical (unpaired) electrons. The Morgan fingerprint density at radius 1 is 1.16 bits per heavy atom. The molecule has 2 N–H and O–H groups in total. The summed E-state index contributed by atoms with van der Waals surface area (Å²) in [6, 6.07) is 0. The Bertz CT molecular complexity index is 921. The van der Waals surface area contributed by atoms with Crippen molar-refractivity contribution in [2.45, 2.75) is 39.5 Å². The van der Waals surface area contributed by atoms with Gasteiger partial charge in [0.1, 0.15) is 23.2 Å². The minimum atomic E-state index is -1.41. The molecule has 1 aromatic rings. The number of hydrogen-bond donors (Lipinski definition) is 2. The molecule has 3 rings (SSSR count). The molecule has 1 aromatic carbocycles. The Kier molecular flexibility index (Phi) is 3.49. The van der Waals surface area contributed by atoms with Crippen LogP contribution in [0.4, 0.5) is 0 Å². The van der Waals surface area contributed by atoms with E-state index < -0.39 is 34.5 Å². The van der Waals surface area contributed by atoms with Gasteiger partial charge in [0.25, 0.3) is 0 Å². The quantitative estimate of drug-likeness (QED) is 0.625. The van der Waals surface area contributed by atoms with Crippen LogP contribution in [-0.4, -0.2) is 33.3 Å². The fourth-order valence-electron chi connectivity index (χ4n) is 4.06. The number of carbonyl (C=O) groups excluding carboxylic acids is 4. The van der Waals surface area contributed by atoms with Crippen molar-refractivity contribution in [1.29, 1.82) is 0 Å². The standard InChI is InChI=1S/C19H18O6/c1-7-16(23)13(8(2)20)11-5-10-6-12(22)14(9(3)21)18(25)19(10,4)15(11)17(7)24/h6,14,23-24H,5H2,1-4H3/t14-,19-/m1/s1. The highest BCUT2D eigenvalue weighted by molar-refractivity contribution is 6.28. The Hall–Kier alpha value is -2.76. The summed E-state index contributed by atoms with van der Waals surface area (Å²) in [6.07, 6.45) is 1.35. The summed E-state index contributed by atoms with van der Waals surface area (Å²) in [5, 5.41) is 20.9. The number of aromatic hydroxyl groups is 2. The zero-order valence-corrected chi connectivity index (χ0v) is 14.4. The zero-order valence-electron chi connectivity index (χ0n) is 14.4. The highest BCUT2D eigenvalue weighted by Gasteiger charge is 2.55. The lowest BCUT2D eigenvalue weighted by Gasteiger charge is -2.33. The summed E-state index contributed by atoms with van der Waals surface area (Å²) in [5.74, 6) is -4.15. The zero-order chi connectivity index (χ0) is 18.8. The molecule has 0 saturated heterocycles. The van der Waals surface area contributed by atoms with Crippen molar-refractivity contribution in [2.24, 2.45) is 5.92 Å². The lowest BCUT2D eigenvalue weighted by Crippen LogP contribution is -2.46. The maximum Gasteiger partial charge on any atom is 0.173 e. The molecule has 2 atom stereocenters. The summed E-state index contributed by atoms with van der Waals surface area (Å²) in [7, 11) is 0. The summed E-state index contributed by atoms with van der Waals surface area (Å²) in [5.41, 5.74) is -0.253. The second-order valence-corrected chi connectivity index (χ2v) is 6.89. The SMILES string of the molecule is CC(=O)c1c(O)c(C)c(O)c2c1CC1=CC(=O)[C@@H](C(C)=O)C(=O)[C@]12C. The third-order valence-electron chi connectivity index (χ3n) is 5.41. The number of hydrogen-bond acceptors (Lipinski definition) is 6. The van der Waals surface area contributed by atoms with Gasteiger partial charge in [-0.25, -0.2) is 0 Å². The number of carbonyl (C=O) groups is 4. The van der Waals surface area contributed by atoms with Crippen LogP contribution in [0.3, 0.4) is 0 Å². The molecule has 0 fully saturated rings. The topological polar surface area (TPSA) is 109 Å². The molecule has 0 aromatic heterocycles. The lowest BCUT2D eigenvalue weighted by atomic mass is 9.66. The molecular weight excluding hydrogens is 324 g/mol. The molecular formula is C19H18O6. The van der Waals surface area contributed by atoms with Crippen molar-refractivity contribution in [3.8, 4) is 11.5 Å². The molecule has 0 bridgehead atoms. The molecule has 0 amide bonds. The minimum absolute atomic E-state index is 0.0430. The van der Waals surface area contributed by atoms with Crippen molar-refractivity contribution in [1.82, 2.24) is 0 Å². The molecule has 6 nitrogen and oxygen atoms in total. The maximum atomic E-state index is 13.0. The van der Waals surface area contributed by atoms with E-state index in [-0.39, 0.29) is 34.6 Å². The summed E-state index contributed by atoms with van der Waals surface area (Å²) < 4.78 is 0. The van der Waals surface area contributed by atoms with Gasteiger partial charge >= 0.3 is 0 Å². The van der Waals surface area contributed by atoms with E-state index in [1.54, 1.807) is 6.92 Å². The van der Waals surface area contributed by atoms with Crippen LogP contribution in [0.25, 0.3) is 0 Å². The third kappa shape index (κ3) is 1.97. The van der Waals surface area contributed by atoms with Gasteiger partial charge in [0.2, 0.25) is 0 Å². The number of phenols is 2. The molecule has 130 valence electrons. The van der Waals surface area contributed by atoms with E-state index in [1.807, 2.05) is 0 Å². The van der Waals surface area contributed by atoms with Gasteiger partial charge in [-0.05, 0) is 51.3 Å². The Morgan fingerprint density at radius 3 is 2.28 bits per heavy atom. The molecule has 0 saturated carbocycles. The summed E-state index contributed by atoms with van der Waals surface area (Å²) in [4.78, 5) is 49.1. The van der Waals surface area contributed by atoms with E-state index in [1.165, 1.54) is 26.8 Å². The number of rotatable bonds is 2. The maximum absolute atomic E-state index is 13.0. The van der Waals surface area contributed by atoms with E-state index in [2.05, 4.69) is 0 Å². The van der Waals surface area contributed by atoms with Gasteiger partial charge in [0, 0.05) is 11.1 Å². The fraction of sp³-hybridized carbons (Fsp3) is 0.368. The van der Waals surface area contributed by atoms with Crippen LogP contribution in [-0.2, 0) is 26.2 Å². The second-order valence-electron chi connectivity index (χ2n) is 6.89. The molecule has 0 aliphatic heterocycles. The van der Waals surface area contributed by atoms with Crippen molar-refractivity contribution in [3.63, 3.8) is 0 Å². The van der Waals surface area contributed by atoms with Crippen LogP contribution in [0.2, 0.25) is 0 Å². The molecule has 2 aliphatic carbocycles.